The van der Waals surface area contributed by atoms with Gasteiger partial charge < -0.3 is 25.6 Å². The molecule has 0 aromatic carbocycles. The fraction of sp³-hybridized carbons (Fsp3) is 0.727. The van der Waals surface area contributed by atoms with Crippen molar-refractivity contribution in [1.29, 1.82) is 0 Å². The molecule has 3 N–H and O–H groups in total. The first-order valence-corrected chi connectivity index (χ1v) is 11.5. The smallest absolute Gasteiger partial charge is 0.381 e. The second-order valence-corrected chi connectivity index (χ2v) is 9.58. The molecule has 2 aliphatic carbocycles. The number of likely N-dealkylation sites (tertiary alicyclic amines) is 1. The van der Waals surface area contributed by atoms with E-state index in [4.69, 9.17) is 10.5 Å². The van der Waals surface area contributed by atoms with E-state index in [0.29, 0.717) is 26.3 Å². The maximum atomic E-state index is 14.4. The van der Waals surface area contributed by atoms with Crippen LogP contribution in [0.1, 0.15) is 38.5 Å². The zero-order chi connectivity index (χ0) is 24.5. The van der Waals surface area contributed by atoms with Gasteiger partial charge in [0, 0.05) is 50.9 Å². The molecule has 1 spiro atoms. The van der Waals surface area contributed by atoms with Crippen LogP contribution in [-0.4, -0.2) is 79.3 Å². The molecule has 190 valence electrons. The fourth-order valence-corrected chi connectivity index (χ4v) is 5.22. The van der Waals surface area contributed by atoms with Gasteiger partial charge in [0.1, 0.15) is 5.83 Å². The lowest BCUT2D eigenvalue weighted by atomic mass is 9.72. The Kier molecular flexibility index (Phi) is 7.09. The first-order valence-electron chi connectivity index (χ1n) is 11.5. The third kappa shape index (κ3) is 6.01. The number of piperidine rings is 1. The molecule has 3 fully saturated rings. The van der Waals surface area contributed by atoms with Gasteiger partial charge in [-0.1, -0.05) is 12.2 Å². The molecule has 0 bridgehead atoms. The molecular weight excluding hydrogens is 460 g/mol. The van der Waals surface area contributed by atoms with Crippen LogP contribution in [0, 0.1) is 5.41 Å². The van der Waals surface area contributed by atoms with Gasteiger partial charge in [0.05, 0.1) is 12.1 Å². The predicted octanol–water partition coefficient (Wildman–Crippen LogP) is 3.20. The highest BCUT2D eigenvalue weighted by atomic mass is 19.4. The molecule has 1 saturated carbocycles. The van der Waals surface area contributed by atoms with E-state index in [1.165, 1.54) is 6.08 Å². The van der Waals surface area contributed by atoms with E-state index in [1.807, 2.05) is 0 Å². The number of amides is 4. The van der Waals surface area contributed by atoms with Gasteiger partial charge in [-0.15, -0.1) is 13.2 Å². The minimum atomic E-state index is -4.85. The van der Waals surface area contributed by atoms with Crippen LogP contribution in [0.3, 0.4) is 0 Å². The Morgan fingerprint density at radius 1 is 1.26 bits per heavy atom. The van der Waals surface area contributed by atoms with Gasteiger partial charge in [-0.25, -0.2) is 14.0 Å². The van der Waals surface area contributed by atoms with E-state index in [2.05, 4.69) is 10.1 Å². The van der Waals surface area contributed by atoms with E-state index < -0.39 is 30.7 Å². The lowest BCUT2D eigenvalue weighted by Crippen LogP contribution is -2.61. The summed E-state index contributed by atoms with van der Waals surface area (Å²) >= 11 is 0. The number of carbonyl (C=O) groups is 2. The van der Waals surface area contributed by atoms with Crippen molar-refractivity contribution in [3.05, 3.63) is 23.6 Å². The number of hydrogen-bond acceptors (Lipinski definition) is 4. The van der Waals surface area contributed by atoms with E-state index in [1.54, 1.807) is 9.80 Å². The molecular formula is C22H30F4N4O4. The average molecular weight is 490 g/mol. The molecule has 2 saturated heterocycles. The lowest BCUT2D eigenvalue weighted by molar-refractivity contribution is -0.336. The molecule has 2 aliphatic heterocycles. The summed E-state index contributed by atoms with van der Waals surface area (Å²) < 4.78 is 60.9. The topological polar surface area (TPSA) is 97.1 Å². The zero-order valence-electron chi connectivity index (χ0n) is 18.8. The molecule has 2 atom stereocenters. The van der Waals surface area contributed by atoms with Gasteiger partial charge in [0.15, 0.2) is 0 Å². The monoisotopic (exact) mass is 490 g/mol. The van der Waals surface area contributed by atoms with Crippen molar-refractivity contribution >= 4 is 12.1 Å². The largest absolute Gasteiger partial charge is 0.523 e. The maximum Gasteiger partial charge on any atom is 0.523 e. The number of carbonyl (C=O) groups excluding carboxylic acids is 2. The number of nitrogens with two attached hydrogens (primary N) is 1. The van der Waals surface area contributed by atoms with E-state index in [9.17, 15) is 27.2 Å². The highest BCUT2D eigenvalue weighted by Gasteiger charge is 2.47. The minimum absolute atomic E-state index is 0.0278. The van der Waals surface area contributed by atoms with Crippen LogP contribution in [0.5, 0.6) is 0 Å². The summed E-state index contributed by atoms with van der Waals surface area (Å²) in [5, 5.41) is 2.72. The van der Waals surface area contributed by atoms with Gasteiger partial charge in [-0.3, -0.25) is 4.74 Å². The second-order valence-electron chi connectivity index (χ2n) is 9.58. The number of urea groups is 2. The van der Waals surface area contributed by atoms with Crippen LogP contribution >= 0.6 is 0 Å². The van der Waals surface area contributed by atoms with Crippen molar-refractivity contribution in [2.75, 3.05) is 32.8 Å². The molecule has 4 aliphatic rings. The van der Waals surface area contributed by atoms with Gasteiger partial charge in [-0.05, 0) is 37.5 Å². The summed E-state index contributed by atoms with van der Waals surface area (Å²) in [5.74, 6) is -0.756. The summed E-state index contributed by atoms with van der Waals surface area (Å²) in [6.07, 6.45) is -0.539. The van der Waals surface area contributed by atoms with Gasteiger partial charge in [0.2, 0.25) is 0 Å². The van der Waals surface area contributed by atoms with E-state index >= 15 is 0 Å². The number of nitrogens with zero attached hydrogens (tertiary/aromatic N) is 2. The molecule has 4 amide bonds. The standard InChI is InChI=1S/C22H30F4N4O4/c23-18-9-17(34-22(24,25)26)4-1-14(18)11-28-20(32)30(15-2-3-15)16-10-21(5-7-33-8-6-21)13-29(12-16)19(27)31/h1,4,15-17H,2-3,5-13H2,(H2,27,31)(H,28,32). The summed E-state index contributed by atoms with van der Waals surface area (Å²) in [7, 11) is 0. The molecule has 0 aromatic rings. The summed E-state index contributed by atoms with van der Waals surface area (Å²) in [6, 6.07) is -1.12. The van der Waals surface area contributed by atoms with Crippen LogP contribution in [0.2, 0.25) is 0 Å². The van der Waals surface area contributed by atoms with Crippen LogP contribution in [0.25, 0.3) is 0 Å². The SMILES string of the molecule is NC(=O)N1CC(N(C(=O)NCC2=C(F)CC(OC(F)(F)F)C=C2)C2CC2)CC2(CCOCC2)C1. The zero-order valence-corrected chi connectivity index (χ0v) is 18.8. The van der Waals surface area contributed by atoms with E-state index in [-0.39, 0.29) is 35.6 Å². The molecule has 34 heavy (non-hydrogen) atoms. The minimum Gasteiger partial charge on any atom is -0.381 e. The van der Waals surface area contributed by atoms with Crippen molar-refractivity contribution in [3.63, 3.8) is 0 Å². The first-order chi connectivity index (χ1) is 16.1. The van der Waals surface area contributed by atoms with E-state index in [0.717, 1.165) is 38.2 Å². The van der Waals surface area contributed by atoms with Gasteiger partial charge >= 0.3 is 18.4 Å². The Morgan fingerprint density at radius 2 is 1.97 bits per heavy atom. The molecule has 12 heteroatoms. The Balaban J connectivity index is 1.41. The van der Waals surface area contributed by atoms with Crippen LogP contribution in [-0.2, 0) is 9.47 Å². The first kappa shape index (κ1) is 24.8. The van der Waals surface area contributed by atoms with Crippen molar-refractivity contribution in [2.45, 2.75) is 63.1 Å². The number of hydrogen-bond donors (Lipinski definition) is 2. The summed E-state index contributed by atoms with van der Waals surface area (Å²) in [5.41, 5.74) is 5.55. The summed E-state index contributed by atoms with van der Waals surface area (Å²) in [4.78, 5) is 28.6. The number of ether oxygens (including phenoxy) is 2. The molecule has 8 nitrogen and oxygen atoms in total. The quantitative estimate of drug-likeness (QED) is 0.579. The lowest BCUT2D eigenvalue weighted by Gasteiger charge is -2.50. The Hall–Kier alpha value is -2.34. The highest BCUT2D eigenvalue weighted by Crippen LogP contribution is 2.42. The number of rotatable bonds is 5. The number of halogens is 4. The average Bonchev–Trinajstić information content (AvgIpc) is 3.57. The molecule has 4 rings (SSSR count). The third-order valence-corrected chi connectivity index (χ3v) is 7.02. The molecule has 2 unspecified atom stereocenters. The molecule has 0 aromatic heterocycles. The van der Waals surface area contributed by atoms with Crippen molar-refractivity contribution in [3.8, 4) is 0 Å². The Morgan fingerprint density at radius 3 is 2.56 bits per heavy atom. The van der Waals surface area contributed by atoms with Crippen LogP contribution < -0.4 is 11.1 Å². The van der Waals surface area contributed by atoms with Gasteiger partial charge in [-0.2, -0.15) is 0 Å². The number of primary amides is 1. The number of alkyl halides is 3. The maximum absolute atomic E-state index is 14.4. The Labute approximate surface area is 195 Å². The van der Waals surface area contributed by atoms with Gasteiger partial charge in [0.25, 0.3) is 0 Å². The number of nitrogens with one attached hydrogen (secondary N) is 1. The van der Waals surface area contributed by atoms with Crippen molar-refractivity contribution < 1.29 is 36.6 Å². The Bertz CT molecular complexity index is 852. The van der Waals surface area contributed by atoms with Crippen molar-refractivity contribution in [1.82, 2.24) is 15.1 Å². The van der Waals surface area contributed by atoms with Crippen molar-refractivity contribution in [2.24, 2.45) is 11.1 Å². The molecule has 0 radical (unpaired) electrons. The predicted molar refractivity (Wildman–Crippen MR) is 113 cm³/mol. The molecule has 2 heterocycles. The second kappa shape index (κ2) is 9.73. The normalized spacial score (nSPS) is 27.1. The van der Waals surface area contributed by atoms with Crippen LogP contribution in [0.4, 0.5) is 27.2 Å². The highest BCUT2D eigenvalue weighted by molar-refractivity contribution is 5.76. The third-order valence-electron chi connectivity index (χ3n) is 7.02. The summed E-state index contributed by atoms with van der Waals surface area (Å²) in [6.45, 7) is 1.89. The van der Waals surface area contributed by atoms with Crippen LogP contribution in [0.15, 0.2) is 23.6 Å². The fourth-order valence-electron chi connectivity index (χ4n) is 5.22.